The second kappa shape index (κ2) is 6.26. The Kier molecular flexibility index (Phi) is 4.05. The van der Waals surface area contributed by atoms with Crippen molar-refractivity contribution in [3.8, 4) is 5.88 Å². The van der Waals surface area contributed by atoms with Crippen LogP contribution < -0.4 is 10.3 Å². The number of methoxy groups -OCH3 is 1. The van der Waals surface area contributed by atoms with Gasteiger partial charge in [0.05, 0.1) is 13.2 Å². The summed E-state index contributed by atoms with van der Waals surface area (Å²) in [5.41, 5.74) is 0.803. The van der Waals surface area contributed by atoms with Crippen molar-refractivity contribution in [3.05, 3.63) is 39.8 Å². The Morgan fingerprint density at radius 3 is 2.85 bits per heavy atom. The van der Waals surface area contributed by atoms with Crippen molar-refractivity contribution in [1.82, 2.24) is 19.6 Å². The lowest BCUT2D eigenvalue weighted by atomic mass is 9.80. The third-order valence-electron chi connectivity index (χ3n) is 5.59. The summed E-state index contributed by atoms with van der Waals surface area (Å²) in [5.74, 6) is 1.19. The number of carbonyl (C=O) groups excluding carboxylic acids is 1. The van der Waals surface area contributed by atoms with Gasteiger partial charge in [0.2, 0.25) is 5.76 Å². The highest BCUT2D eigenvalue weighted by atomic mass is 16.5. The third kappa shape index (κ3) is 2.89. The second-order valence-corrected chi connectivity index (χ2v) is 7.26. The van der Waals surface area contributed by atoms with Crippen LogP contribution in [-0.2, 0) is 13.0 Å². The number of carbonyl (C=O) groups is 1. The molecule has 2 aromatic heterocycles. The molecule has 138 valence electrons. The van der Waals surface area contributed by atoms with Crippen LogP contribution in [0.5, 0.6) is 5.88 Å². The predicted molar refractivity (Wildman–Crippen MR) is 92.2 cm³/mol. The monoisotopic (exact) mass is 358 g/mol. The minimum absolute atomic E-state index is 0.0178. The van der Waals surface area contributed by atoms with Gasteiger partial charge in [0.25, 0.3) is 17.3 Å². The van der Waals surface area contributed by atoms with Crippen molar-refractivity contribution in [2.75, 3.05) is 20.2 Å². The third-order valence-corrected chi connectivity index (χ3v) is 5.59. The van der Waals surface area contributed by atoms with Crippen molar-refractivity contribution < 1.29 is 14.1 Å². The van der Waals surface area contributed by atoms with E-state index in [0.29, 0.717) is 25.5 Å². The number of rotatable bonds is 2. The molecule has 2 aliphatic rings. The Labute approximate surface area is 150 Å². The number of aromatic nitrogens is 3. The van der Waals surface area contributed by atoms with Gasteiger partial charge >= 0.3 is 0 Å². The van der Waals surface area contributed by atoms with E-state index in [1.807, 2.05) is 11.8 Å². The van der Waals surface area contributed by atoms with Crippen molar-refractivity contribution in [1.29, 1.82) is 0 Å². The van der Waals surface area contributed by atoms with E-state index in [9.17, 15) is 9.59 Å². The molecular weight excluding hydrogens is 336 g/mol. The Hall–Kier alpha value is -2.64. The molecule has 0 aliphatic carbocycles. The number of hydrogen-bond donors (Lipinski definition) is 0. The zero-order valence-corrected chi connectivity index (χ0v) is 15.0. The van der Waals surface area contributed by atoms with Crippen LogP contribution in [0.4, 0.5) is 0 Å². The van der Waals surface area contributed by atoms with Crippen molar-refractivity contribution in [2.24, 2.45) is 5.41 Å². The summed E-state index contributed by atoms with van der Waals surface area (Å²) in [6.07, 6.45) is 3.47. The average molecular weight is 358 g/mol. The average Bonchev–Trinajstić information content (AvgIpc) is 3.22. The van der Waals surface area contributed by atoms with Gasteiger partial charge in [-0.3, -0.25) is 14.2 Å². The maximum Gasteiger partial charge on any atom is 0.292 e. The standard InChI is InChI=1S/C18H22N4O4/c1-12-9-16(23)22-8-6-18(4-3-14(22)19-12)5-7-21(11-18)17(24)13-10-15(25-2)20-26-13/h9-10H,3-8,11H2,1-2H3. The first kappa shape index (κ1) is 16.8. The van der Waals surface area contributed by atoms with Crippen LogP contribution in [0.1, 0.15) is 41.3 Å². The predicted octanol–water partition coefficient (Wildman–Crippen LogP) is 1.42. The number of aryl methyl sites for hydroxylation is 2. The molecule has 0 bridgehead atoms. The van der Waals surface area contributed by atoms with Crippen molar-refractivity contribution >= 4 is 5.91 Å². The number of nitrogens with zero attached hydrogens (tertiary/aromatic N) is 4. The smallest absolute Gasteiger partial charge is 0.292 e. The van der Waals surface area contributed by atoms with Gasteiger partial charge in [0, 0.05) is 37.8 Å². The highest BCUT2D eigenvalue weighted by Gasteiger charge is 2.41. The first-order valence-electron chi connectivity index (χ1n) is 8.87. The molecule has 2 aliphatic heterocycles. The number of hydrogen-bond acceptors (Lipinski definition) is 6. The number of fused-ring (bicyclic) bond motifs is 1. The molecule has 1 fully saturated rings. The zero-order chi connectivity index (χ0) is 18.3. The van der Waals surface area contributed by atoms with Crippen LogP contribution in [0.15, 0.2) is 21.5 Å². The largest absolute Gasteiger partial charge is 0.479 e. The van der Waals surface area contributed by atoms with Gasteiger partial charge in [-0.25, -0.2) is 4.98 Å². The SMILES string of the molecule is COc1cc(C(=O)N2CCC3(CCc4nc(C)cc(=O)n4CC3)C2)on1. The summed E-state index contributed by atoms with van der Waals surface area (Å²) >= 11 is 0. The molecule has 8 nitrogen and oxygen atoms in total. The molecule has 8 heteroatoms. The zero-order valence-electron chi connectivity index (χ0n) is 15.0. The minimum atomic E-state index is -0.162. The molecular formula is C18H22N4O4. The van der Waals surface area contributed by atoms with E-state index in [0.717, 1.165) is 37.2 Å². The van der Waals surface area contributed by atoms with E-state index in [4.69, 9.17) is 9.26 Å². The number of ether oxygens (including phenoxy) is 1. The van der Waals surface area contributed by atoms with Gasteiger partial charge < -0.3 is 14.2 Å². The molecule has 26 heavy (non-hydrogen) atoms. The van der Waals surface area contributed by atoms with Gasteiger partial charge in [-0.2, -0.15) is 0 Å². The Morgan fingerprint density at radius 1 is 1.27 bits per heavy atom. The summed E-state index contributed by atoms with van der Waals surface area (Å²) in [4.78, 5) is 31.3. The molecule has 0 radical (unpaired) electrons. The summed E-state index contributed by atoms with van der Waals surface area (Å²) < 4.78 is 11.8. The lowest BCUT2D eigenvalue weighted by Crippen LogP contribution is -2.32. The second-order valence-electron chi connectivity index (χ2n) is 7.26. The molecule has 1 atom stereocenters. The van der Waals surface area contributed by atoms with E-state index in [2.05, 4.69) is 10.1 Å². The summed E-state index contributed by atoms with van der Waals surface area (Å²) in [6.45, 7) is 3.85. The summed E-state index contributed by atoms with van der Waals surface area (Å²) in [7, 11) is 1.48. The van der Waals surface area contributed by atoms with Crippen LogP contribution in [-0.4, -0.2) is 45.7 Å². The fourth-order valence-corrected chi connectivity index (χ4v) is 4.09. The normalized spacial score (nSPS) is 22.3. The Bertz CT molecular complexity index is 903. The van der Waals surface area contributed by atoms with Crippen molar-refractivity contribution in [2.45, 2.75) is 39.2 Å². The molecule has 0 aromatic carbocycles. The maximum absolute atomic E-state index is 12.7. The van der Waals surface area contributed by atoms with Crippen LogP contribution in [0.2, 0.25) is 0 Å². The van der Waals surface area contributed by atoms with Gasteiger partial charge in [0.15, 0.2) is 0 Å². The topological polar surface area (TPSA) is 90.5 Å². The fourth-order valence-electron chi connectivity index (χ4n) is 4.09. The molecule has 0 N–H and O–H groups in total. The molecule has 4 rings (SSSR count). The molecule has 1 unspecified atom stereocenters. The first-order chi connectivity index (χ1) is 12.5. The maximum atomic E-state index is 12.7. The number of likely N-dealkylation sites (tertiary alicyclic amines) is 1. The highest BCUT2D eigenvalue weighted by molar-refractivity contribution is 5.91. The van der Waals surface area contributed by atoms with Gasteiger partial charge in [-0.05, 0) is 36.8 Å². The molecule has 0 saturated carbocycles. The van der Waals surface area contributed by atoms with E-state index >= 15 is 0 Å². The van der Waals surface area contributed by atoms with Gasteiger partial charge in [-0.1, -0.05) is 0 Å². The Balaban J connectivity index is 1.50. The molecule has 1 saturated heterocycles. The molecule has 4 heterocycles. The van der Waals surface area contributed by atoms with Crippen LogP contribution in [0.3, 0.4) is 0 Å². The first-order valence-corrected chi connectivity index (χ1v) is 8.87. The van der Waals surface area contributed by atoms with E-state index in [1.54, 1.807) is 10.6 Å². The molecule has 1 spiro atoms. The van der Waals surface area contributed by atoms with Crippen LogP contribution in [0.25, 0.3) is 0 Å². The number of amides is 1. The van der Waals surface area contributed by atoms with Gasteiger partial charge in [-0.15, -0.1) is 0 Å². The molecule has 2 aromatic rings. The van der Waals surface area contributed by atoms with Crippen LogP contribution >= 0.6 is 0 Å². The Morgan fingerprint density at radius 2 is 2.08 bits per heavy atom. The van der Waals surface area contributed by atoms with E-state index in [-0.39, 0.29) is 22.6 Å². The minimum Gasteiger partial charge on any atom is -0.479 e. The highest BCUT2D eigenvalue weighted by Crippen LogP contribution is 2.40. The summed E-state index contributed by atoms with van der Waals surface area (Å²) in [5, 5.41) is 3.70. The molecule has 1 amide bonds. The lowest BCUT2D eigenvalue weighted by Gasteiger charge is -2.27. The van der Waals surface area contributed by atoms with E-state index in [1.165, 1.54) is 13.2 Å². The summed E-state index contributed by atoms with van der Waals surface area (Å²) in [6, 6.07) is 3.10. The van der Waals surface area contributed by atoms with E-state index < -0.39 is 0 Å². The lowest BCUT2D eigenvalue weighted by molar-refractivity contribution is 0.0725. The van der Waals surface area contributed by atoms with Crippen LogP contribution in [0, 0.1) is 12.3 Å². The van der Waals surface area contributed by atoms with Gasteiger partial charge in [0.1, 0.15) is 5.82 Å². The van der Waals surface area contributed by atoms with Crippen molar-refractivity contribution in [3.63, 3.8) is 0 Å². The fraction of sp³-hybridized carbons (Fsp3) is 0.556. The quantitative estimate of drug-likeness (QED) is 0.806.